The molecule has 0 spiro atoms. The second-order valence-electron chi connectivity index (χ2n) is 4.53. The number of aromatic nitrogens is 1. The smallest absolute Gasteiger partial charge is 0.262 e. The maximum Gasteiger partial charge on any atom is 0.262 e. The van der Waals surface area contributed by atoms with Gasteiger partial charge in [0, 0.05) is 6.07 Å². The van der Waals surface area contributed by atoms with E-state index in [1.165, 1.54) is 12.1 Å². The molecule has 1 aromatic heterocycles. The van der Waals surface area contributed by atoms with Crippen LogP contribution in [0.2, 0.25) is 10.0 Å². The molecule has 0 atom stereocenters. The van der Waals surface area contributed by atoms with E-state index in [0.29, 0.717) is 0 Å². The number of hydrogen-bond donors (Lipinski definition) is 3. The zero-order chi connectivity index (χ0) is 16.2. The van der Waals surface area contributed by atoms with Crippen LogP contribution in [0.3, 0.4) is 0 Å². The van der Waals surface area contributed by atoms with Crippen molar-refractivity contribution in [2.75, 3.05) is 5.73 Å². The Kier molecular flexibility index (Phi) is 3.12. The van der Waals surface area contributed by atoms with Gasteiger partial charge in [0.1, 0.15) is 5.82 Å². The summed E-state index contributed by atoms with van der Waals surface area (Å²) in [5.41, 5.74) is 5.20. The van der Waals surface area contributed by atoms with Crippen LogP contribution in [0, 0.1) is 0 Å². The van der Waals surface area contributed by atoms with Crippen LogP contribution in [0.15, 0.2) is 23.0 Å². The Balaban J connectivity index is 2.35. The number of rotatable bonds is 1. The maximum absolute atomic E-state index is 12.2. The lowest BCUT2D eigenvalue weighted by Gasteiger charge is -2.13. The fourth-order valence-corrected chi connectivity index (χ4v) is 2.70. The fraction of sp³-hybridized carbons (Fsp3) is 0. The van der Waals surface area contributed by atoms with Gasteiger partial charge in [-0.2, -0.15) is 0 Å². The molecule has 2 amide bonds. The predicted octanol–water partition coefficient (Wildman–Crippen LogP) is 1.32. The molecule has 1 aliphatic heterocycles. The van der Waals surface area contributed by atoms with Crippen LogP contribution < -0.4 is 16.6 Å². The van der Waals surface area contributed by atoms with Gasteiger partial charge in [0.05, 0.1) is 26.9 Å². The summed E-state index contributed by atoms with van der Waals surface area (Å²) >= 11 is 11.6. The second-order valence-corrected chi connectivity index (χ2v) is 5.35. The summed E-state index contributed by atoms with van der Waals surface area (Å²) in [6.07, 6.45) is 0. The number of nitrogens with two attached hydrogens (primary N) is 1. The minimum atomic E-state index is -0.692. The molecule has 0 radical (unpaired) electrons. The SMILES string of the molecule is Nc1c2c(cc(=O)n1-c1cc(Cl)c(O)c(Cl)c1)C(=O)NC2=O. The Labute approximate surface area is 132 Å². The quantitative estimate of drug-likeness (QED) is 0.678. The zero-order valence-corrected chi connectivity index (χ0v) is 12.2. The van der Waals surface area contributed by atoms with Crippen molar-refractivity contribution in [3.8, 4) is 11.4 Å². The normalized spacial score (nSPS) is 13.2. The summed E-state index contributed by atoms with van der Waals surface area (Å²) in [5, 5.41) is 11.4. The lowest BCUT2D eigenvalue weighted by Crippen LogP contribution is -2.24. The largest absolute Gasteiger partial charge is 0.505 e. The summed E-state index contributed by atoms with van der Waals surface area (Å²) in [6.45, 7) is 0. The number of aromatic hydroxyl groups is 1. The van der Waals surface area contributed by atoms with Crippen LogP contribution in [0.25, 0.3) is 5.69 Å². The monoisotopic (exact) mass is 339 g/mol. The second kappa shape index (κ2) is 4.75. The molecule has 3 rings (SSSR count). The molecular weight excluding hydrogens is 333 g/mol. The van der Waals surface area contributed by atoms with E-state index in [0.717, 1.165) is 10.6 Å². The zero-order valence-electron chi connectivity index (χ0n) is 10.7. The fourth-order valence-electron chi connectivity index (χ4n) is 2.23. The number of nitrogen functional groups attached to an aromatic ring is 1. The highest BCUT2D eigenvalue weighted by Gasteiger charge is 2.32. The van der Waals surface area contributed by atoms with Crippen molar-refractivity contribution in [3.05, 3.63) is 49.7 Å². The maximum atomic E-state index is 12.2. The Morgan fingerprint density at radius 3 is 2.23 bits per heavy atom. The molecule has 0 fully saturated rings. The minimum Gasteiger partial charge on any atom is -0.505 e. The van der Waals surface area contributed by atoms with Crippen molar-refractivity contribution in [2.24, 2.45) is 0 Å². The lowest BCUT2D eigenvalue weighted by molar-refractivity contribution is 0.0880. The van der Waals surface area contributed by atoms with Gasteiger partial charge in [-0.05, 0) is 12.1 Å². The first-order chi connectivity index (χ1) is 10.3. The molecule has 2 heterocycles. The van der Waals surface area contributed by atoms with Crippen molar-refractivity contribution < 1.29 is 14.7 Å². The van der Waals surface area contributed by atoms with Crippen LogP contribution in [0.4, 0.5) is 5.82 Å². The van der Waals surface area contributed by atoms with Gasteiger partial charge in [-0.3, -0.25) is 24.3 Å². The molecule has 22 heavy (non-hydrogen) atoms. The highest BCUT2D eigenvalue weighted by atomic mass is 35.5. The summed E-state index contributed by atoms with van der Waals surface area (Å²) in [4.78, 5) is 35.5. The van der Waals surface area contributed by atoms with Crippen LogP contribution in [0.1, 0.15) is 20.7 Å². The number of nitrogens with zero attached hydrogens (tertiary/aromatic N) is 1. The number of phenols is 1. The number of imide groups is 1. The van der Waals surface area contributed by atoms with Gasteiger partial charge in [-0.15, -0.1) is 0 Å². The van der Waals surface area contributed by atoms with E-state index < -0.39 is 17.4 Å². The molecule has 1 aromatic carbocycles. The van der Waals surface area contributed by atoms with Crippen molar-refractivity contribution in [1.82, 2.24) is 9.88 Å². The van der Waals surface area contributed by atoms with E-state index in [2.05, 4.69) is 5.32 Å². The Morgan fingerprint density at radius 2 is 1.64 bits per heavy atom. The number of pyridine rings is 1. The third-order valence-electron chi connectivity index (χ3n) is 3.21. The number of hydrogen-bond acceptors (Lipinski definition) is 5. The standard InChI is InChI=1S/C13H7Cl2N3O4/c14-6-1-4(2-7(15)10(6)20)18-8(19)3-5-9(11(18)16)13(22)17-12(5)21/h1-3,20H,16H2,(H,17,21,22). The highest BCUT2D eigenvalue weighted by molar-refractivity contribution is 6.37. The molecule has 112 valence electrons. The van der Waals surface area contributed by atoms with E-state index in [1.54, 1.807) is 0 Å². The molecule has 4 N–H and O–H groups in total. The number of carbonyl (C=O) groups is 2. The Hall–Kier alpha value is -2.51. The average molecular weight is 340 g/mol. The van der Waals surface area contributed by atoms with Crippen molar-refractivity contribution in [1.29, 1.82) is 0 Å². The van der Waals surface area contributed by atoms with E-state index in [1.807, 2.05) is 0 Å². The first-order valence-electron chi connectivity index (χ1n) is 5.91. The van der Waals surface area contributed by atoms with E-state index in [-0.39, 0.29) is 38.4 Å². The van der Waals surface area contributed by atoms with Crippen LogP contribution in [-0.4, -0.2) is 21.5 Å². The number of nitrogens with one attached hydrogen (secondary N) is 1. The van der Waals surface area contributed by atoms with Crippen molar-refractivity contribution >= 4 is 40.8 Å². The number of carbonyl (C=O) groups excluding carboxylic acids is 2. The van der Waals surface area contributed by atoms with Crippen molar-refractivity contribution in [3.63, 3.8) is 0 Å². The van der Waals surface area contributed by atoms with Gasteiger partial charge < -0.3 is 10.8 Å². The minimum absolute atomic E-state index is 0.0836. The molecule has 0 saturated carbocycles. The van der Waals surface area contributed by atoms with Crippen LogP contribution in [0.5, 0.6) is 5.75 Å². The molecule has 7 nitrogen and oxygen atoms in total. The number of amides is 2. The number of phenolic OH excluding ortho intramolecular Hbond substituents is 1. The predicted molar refractivity (Wildman–Crippen MR) is 79.9 cm³/mol. The Bertz CT molecular complexity index is 897. The van der Waals surface area contributed by atoms with E-state index in [4.69, 9.17) is 28.9 Å². The third-order valence-corrected chi connectivity index (χ3v) is 3.79. The lowest BCUT2D eigenvalue weighted by atomic mass is 10.1. The molecule has 0 aliphatic carbocycles. The number of benzene rings is 1. The van der Waals surface area contributed by atoms with Gasteiger partial charge in [-0.1, -0.05) is 23.2 Å². The van der Waals surface area contributed by atoms with Crippen LogP contribution in [-0.2, 0) is 0 Å². The van der Waals surface area contributed by atoms with Gasteiger partial charge >= 0.3 is 0 Å². The molecule has 0 bridgehead atoms. The van der Waals surface area contributed by atoms with Gasteiger partial charge in [0.15, 0.2) is 5.75 Å². The van der Waals surface area contributed by atoms with Gasteiger partial charge in [-0.25, -0.2) is 0 Å². The molecule has 0 unspecified atom stereocenters. The highest BCUT2D eigenvalue weighted by Crippen LogP contribution is 2.34. The molecular formula is C13H7Cl2N3O4. The first-order valence-corrected chi connectivity index (χ1v) is 6.66. The topological polar surface area (TPSA) is 114 Å². The average Bonchev–Trinajstić information content (AvgIpc) is 2.71. The molecule has 2 aromatic rings. The van der Waals surface area contributed by atoms with Gasteiger partial charge in [0.25, 0.3) is 17.4 Å². The molecule has 9 heteroatoms. The van der Waals surface area contributed by atoms with Crippen LogP contribution >= 0.6 is 23.2 Å². The van der Waals surface area contributed by atoms with E-state index in [9.17, 15) is 19.5 Å². The number of halogens is 2. The summed E-state index contributed by atoms with van der Waals surface area (Å²) in [7, 11) is 0. The number of anilines is 1. The van der Waals surface area contributed by atoms with Crippen molar-refractivity contribution in [2.45, 2.75) is 0 Å². The summed E-state index contributed by atoms with van der Waals surface area (Å²) in [5.74, 6) is -1.93. The summed E-state index contributed by atoms with van der Waals surface area (Å²) in [6, 6.07) is 3.53. The number of fused-ring (bicyclic) bond motifs is 1. The van der Waals surface area contributed by atoms with Gasteiger partial charge in [0.2, 0.25) is 0 Å². The molecule has 0 saturated heterocycles. The third kappa shape index (κ3) is 1.94. The Morgan fingerprint density at radius 1 is 1.05 bits per heavy atom. The molecule has 1 aliphatic rings. The summed E-state index contributed by atoms with van der Waals surface area (Å²) < 4.78 is 0.980. The first kappa shape index (κ1) is 14.4. The van der Waals surface area contributed by atoms with E-state index >= 15 is 0 Å².